The molecule has 0 bridgehead atoms. The van der Waals surface area contributed by atoms with Crippen LogP contribution in [-0.2, 0) is 11.3 Å². The van der Waals surface area contributed by atoms with Crippen molar-refractivity contribution in [2.75, 3.05) is 13.1 Å². The predicted octanol–water partition coefficient (Wildman–Crippen LogP) is 3.86. The summed E-state index contributed by atoms with van der Waals surface area (Å²) in [5.74, 6) is 0.0399. The number of nitrogens with one attached hydrogen (secondary N) is 1. The van der Waals surface area contributed by atoms with Crippen LogP contribution in [0.15, 0.2) is 42.5 Å². The quantitative estimate of drug-likeness (QED) is 0.476. The molecule has 1 saturated heterocycles. The molecule has 28 heavy (non-hydrogen) atoms. The summed E-state index contributed by atoms with van der Waals surface area (Å²) < 4.78 is 6.15. The van der Waals surface area contributed by atoms with E-state index in [4.69, 9.17) is 16.3 Å². The van der Waals surface area contributed by atoms with E-state index in [0.717, 1.165) is 42.8 Å². The van der Waals surface area contributed by atoms with Crippen molar-refractivity contribution in [3.8, 4) is 5.75 Å². The van der Waals surface area contributed by atoms with Crippen LogP contribution in [0, 0.1) is 0 Å². The molecule has 1 aliphatic heterocycles. The van der Waals surface area contributed by atoms with E-state index in [0.29, 0.717) is 17.7 Å². The average molecular weight is 406 g/mol. The van der Waals surface area contributed by atoms with Crippen LogP contribution in [0.4, 0.5) is 0 Å². The monoisotopic (exact) mass is 405 g/mol. The first-order valence-electron chi connectivity index (χ1n) is 9.79. The van der Waals surface area contributed by atoms with Gasteiger partial charge in [-0.2, -0.15) is 0 Å². The molecule has 1 fully saturated rings. The lowest BCUT2D eigenvalue weighted by molar-refractivity contribution is 0.0389. The fraction of sp³-hybridized carbons (Fsp3) is 0.455. The average Bonchev–Trinajstić information content (AvgIpc) is 3.17. The summed E-state index contributed by atoms with van der Waals surface area (Å²) in [4.78, 5) is 0. The van der Waals surface area contributed by atoms with E-state index in [1.165, 1.54) is 6.07 Å². The van der Waals surface area contributed by atoms with Gasteiger partial charge in [0.2, 0.25) is 0 Å². The van der Waals surface area contributed by atoms with E-state index in [1.807, 2.05) is 24.3 Å². The normalized spacial score (nSPS) is 20.4. The molecule has 3 atom stereocenters. The minimum absolute atomic E-state index is 0.0399. The van der Waals surface area contributed by atoms with Crippen LogP contribution in [0.5, 0.6) is 5.75 Å². The lowest BCUT2D eigenvalue weighted by Gasteiger charge is -2.16. The third-order valence-corrected chi connectivity index (χ3v) is 5.58. The topological polar surface area (TPSA) is 82.0 Å². The Kier molecular flexibility index (Phi) is 7.71. The summed E-state index contributed by atoms with van der Waals surface area (Å²) in [7, 11) is 0. The number of hydrogen-bond acceptors (Lipinski definition) is 5. The predicted molar refractivity (Wildman–Crippen MR) is 109 cm³/mol. The fourth-order valence-electron chi connectivity index (χ4n) is 3.63. The molecule has 0 aliphatic carbocycles. The minimum atomic E-state index is -0.682. The number of phenols is 1. The van der Waals surface area contributed by atoms with Gasteiger partial charge < -0.3 is 25.4 Å². The molecule has 1 aliphatic rings. The first kappa shape index (κ1) is 21.1. The largest absolute Gasteiger partial charge is 0.508 e. The van der Waals surface area contributed by atoms with E-state index in [1.54, 1.807) is 12.1 Å². The smallest absolute Gasteiger partial charge is 0.121 e. The summed E-state index contributed by atoms with van der Waals surface area (Å²) >= 11 is 6.26. The summed E-state index contributed by atoms with van der Waals surface area (Å²) in [6, 6.07) is 12.7. The Morgan fingerprint density at radius 1 is 1.18 bits per heavy atom. The van der Waals surface area contributed by atoms with Crippen LogP contribution in [-0.4, -0.2) is 34.5 Å². The van der Waals surface area contributed by atoms with Gasteiger partial charge in [0, 0.05) is 17.1 Å². The van der Waals surface area contributed by atoms with E-state index < -0.39 is 6.10 Å². The molecule has 0 radical (unpaired) electrons. The Morgan fingerprint density at radius 2 is 2.00 bits per heavy atom. The molecule has 1 heterocycles. The van der Waals surface area contributed by atoms with Gasteiger partial charge in [0.15, 0.2) is 0 Å². The van der Waals surface area contributed by atoms with Gasteiger partial charge in [-0.25, -0.2) is 0 Å². The number of ether oxygens (including phenoxy) is 1. The third-order valence-electron chi connectivity index (χ3n) is 5.24. The maximum absolute atomic E-state index is 10.3. The first-order chi connectivity index (χ1) is 13.6. The van der Waals surface area contributed by atoms with Crippen LogP contribution in [0.3, 0.4) is 0 Å². The highest BCUT2D eigenvalue weighted by Gasteiger charge is 2.27. The van der Waals surface area contributed by atoms with Gasteiger partial charge in [0.25, 0.3) is 0 Å². The minimum Gasteiger partial charge on any atom is -0.508 e. The zero-order valence-corrected chi connectivity index (χ0v) is 16.6. The lowest BCUT2D eigenvalue weighted by Crippen LogP contribution is -2.23. The number of rotatable bonds is 9. The number of benzene rings is 2. The molecule has 6 heteroatoms. The number of aliphatic hydroxyl groups is 2. The molecular weight excluding hydrogens is 378 g/mol. The Bertz CT molecular complexity index is 770. The second kappa shape index (κ2) is 10.2. The van der Waals surface area contributed by atoms with Gasteiger partial charge in [0.1, 0.15) is 5.75 Å². The van der Waals surface area contributed by atoms with E-state index in [2.05, 4.69) is 5.32 Å². The van der Waals surface area contributed by atoms with Crippen LogP contribution < -0.4 is 5.32 Å². The highest BCUT2D eigenvalue weighted by atomic mass is 35.5. The Hall–Kier alpha value is -1.63. The molecule has 0 spiro atoms. The molecule has 5 nitrogen and oxygen atoms in total. The standard InChI is InChI=1S/C22H28ClNO4/c23-19-6-2-1-5-18(19)22-10-8-17(28-22)4-3-11-24-13-21(27)15-7-9-20(26)16(12-15)14-25/h1-2,5-7,9,12,17,21-22,24-27H,3-4,8,10-11,13-14H2. The fourth-order valence-corrected chi connectivity index (χ4v) is 3.89. The van der Waals surface area contributed by atoms with E-state index in [9.17, 15) is 15.3 Å². The molecule has 0 saturated carbocycles. The van der Waals surface area contributed by atoms with Crippen LogP contribution in [0.1, 0.15) is 54.6 Å². The molecule has 152 valence electrons. The molecule has 2 aromatic rings. The SMILES string of the molecule is OCc1cc(C(O)CNCCCC2CCC(c3ccccc3Cl)O2)ccc1O. The summed E-state index contributed by atoms with van der Waals surface area (Å²) in [6.45, 7) is 0.957. The molecule has 0 aromatic heterocycles. The summed E-state index contributed by atoms with van der Waals surface area (Å²) in [5, 5.41) is 33.1. The number of aromatic hydroxyl groups is 1. The Balaban J connectivity index is 1.36. The second-order valence-corrected chi connectivity index (χ2v) is 7.66. The highest BCUT2D eigenvalue weighted by molar-refractivity contribution is 6.31. The number of hydrogen-bond donors (Lipinski definition) is 4. The summed E-state index contributed by atoms with van der Waals surface area (Å²) in [5.41, 5.74) is 2.17. The van der Waals surface area contributed by atoms with Crippen molar-refractivity contribution in [1.82, 2.24) is 5.32 Å². The lowest BCUT2D eigenvalue weighted by atomic mass is 10.0. The van der Waals surface area contributed by atoms with Crippen molar-refractivity contribution in [2.24, 2.45) is 0 Å². The van der Waals surface area contributed by atoms with Crippen molar-refractivity contribution in [1.29, 1.82) is 0 Å². The molecular formula is C22H28ClNO4. The van der Waals surface area contributed by atoms with Gasteiger partial charge >= 0.3 is 0 Å². The first-order valence-corrected chi connectivity index (χ1v) is 10.2. The Labute approximate surface area is 170 Å². The maximum Gasteiger partial charge on any atom is 0.121 e. The molecule has 3 unspecified atom stereocenters. The Morgan fingerprint density at radius 3 is 2.79 bits per heavy atom. The van der Waals surface area contributed by atoms with Crippen molar-refractivity contribution in [3.63, 3.8) is 0 Å². The van der Waals surface area contributed by atoms with Crippen molar-refractivity contribution in [2.45, 2.75) is 50.6 Å². The molecule has 2 aromatic carbocycles. The van der Waals surface area contributed by atoms with Gasteiger partial charge in [-0.1, -0.05) is 35.9 Å². The number of halogens is 1. The third kappa shape index (κ3) is 5.46. The zero-order valence-electron chi connectivity index (χ0n) is 15.9. The van der Waals surface area contributed by atoms with Crippen LogP contribution >= 0.6 is 11.6 Å². The van der Waals surface area contributed by atoms with Crippen LogP contribution in [0.2, 0.25) is 5.02 Å². The summed E-state index contributed by atoms with van der Waals surface area (Å²) in [6.07, 6.45) is 3.62. The van der Waals surface area contributed by atoms with Crippen LogP contribution in [0.25, 0.3) is 0 Å². The molecule has 4 N–H and O–H groups in total. The van der Waals surface area contributed by atoms with E-state index >= 15 is 0 Å². The molecule has 3 rings (SSSR count). The van der Waals surface area contributed by atoms with Crippen molar-refractivity contribution >= 4 is 11.6 Å². The van der Waals surface area contributed by atoms with Gasteiger partial charge in [-0.3, -0.25) is 0 Å². The van der Waals surface area contributed by atoms with Gasteiger partial charge in [-0.15, -0.1) is 0 Å². The zero-order chi connectivity index (χ0) is 19.9. The maximum atomic E-state index is 10.3. The van der Waals surface area contributed by atoms with Gasteiger partial charge in [0.05, 0.1) is 24.9 Å². The van der Waals surface area contributed by atoms with Gasteiger partial charge in [-0.05, 0) is 61.6 Å². The highest BCUT2D eigenvalue weighted by Crippen LogP contribution is 2.37. The van der Waals surface area contributed by atoms with Crippen molar-refractivity contribution < 1.29 is 20.1 Å². The second-order valence-electron chi connectivity index (χ2n) is 7.25. The molecule has 0 amide bonds. The number of aliphatic hydroxyl groups excluding tert-OH is 2. The van der Waals surface area contributed by atoms with E-state index in [-0.39, 0.29) is 24.6 Å². The van der Waals surface area contributed by atoms with Crippen molar-refractivity contribution in [3.05, 3.63) is 64.2 Å².